The highest BCUT2D eigenvalue weighted by atomic mass is 16.5. The van der Waals surface area contributed by atoms with Gasteiger partial charge in [0.1, 0.15) is 6.10 Å². The van der Waals surface area contributed by atoms with E-state index in [0.29, 0.717) is 23.5 Å². The molecule has 2 fully saturated rings. The first-order chi connectivity index (χ1) is 12.3. The fourth-order valence-corrected chi connectivity index (χ4v) is 3.43. The van der Waals surface area contributed by atoms with Crippen LogP contribution in [0.1, 0.15) is 60.9 Å². The van der Waals surface area contributed by atoms with Gasteiger partial charge in [-0.3, -0.25) is 4.68 Å². The van der Waals surface area contributed by atoms with Crippen LogP contribution in [0.4, 0.5) is 0 Å². The highest BCUT2D eigenvalue weighted by Crippen LogP contribution is 2.42. The van der Waals surface area contributed by atoms with Crippen molar-refractivity contribution in [1.29, 1.82) is 0 Å². The highest BCUT2D eigenvalue weighted by molar-refractivity contribution is 5.44. The molecule has 1 aliphatic heterocycles. The van der Waals surface area contributed by atoms with Crippen molar-refractivity contribution in [2.45, 2.75) is 43.6 Å². The monoisotopic (exact) mass is 341 g/mol. The molecule has 3 aromatic heterocycles. The summed E-state index contributed by atoms with van der Waals surface area (Å²) >= 11 is 0. The molecule has 8 heteroatoms. The van der Waals surface area contributed by atoms with Crippen LogP contribution in [0.5, 0.6) is 0 Å². The second kappa shape index (κ2) is 5.80. The van der Waals surface area contributed by atoms with E-state index in [0.717, 1.165) is 30.8 Å². The summed E-state index contributed by atoms with van der Waals surface area (Å²) in [4.78, 5) is 0. The molecule has 4 heterocycles. The van der Waals surface area contributed by atoms with Gasteiger partial charge in [0, 0.05) is 31.8 Å². The molecule has 0 N–H and O–H groups in total. The largest absolute Gasteiger partial charge is 0.418 e. The molecule has 0 spiro atoms. The lowest BCUT2D eigenvalue weighted by Gasteiger charge is -2.29. The van der Waals surface area contributed by atoms with Crippen molar-refractivity contribution in [3.8, 4) is 11.7 Å². The van der Waals surface area contributed by atoms with Crippen molar-refractivity contribution in [2.24, 2.45) is 7.05 Å². The van der Waals surface area contributed by atoms with Crippen LogP contribution >= 0.6 is 0 Å². The maximum Gasteiger partial charge on any atom is 0.286 e. The molecule has 1 saturated carbocycles. The van der Waals surface area contributed by atoms with Gasteiger partial charge in [0.2, 0.25) is 11.7 Å². The van der Waals surface area contributed by atoms with E-state index in [4.69, 9.17) is 13.7 Å². The van der Waals surface area contributed by atoms with Crippen LogP contribution < -0.4 is 0 Å². The number of hydrogen-bond acceptors (Lipinski definition) is 7. The molecule has 130 valence electrons. The van der Waals surface area contributed by atoms with Crippen molar-refractivity contribution in [2.75, 3.05) is 6.61 Å². The molecule has 2 aliphatic rings. The molecular weight excluding hydrogens is 322 g/mol. The van der Waals surface area contributed by atoms with Crippen LogP contribution in [-0.4, -0.2) is 31.7 Å². The molecule has 3 aromatic rings. The van der Waals surface area contributed by atoms with E-state index in [2.05, 4.69) is 20.5 Å². The van der Waals surface area contributed by atoms with Crippen LogP contribution in [-0.2, 0) is 11.8 Å². The molecular formula is C17H19N5O3. The third-order valence-electron chi connectivity index (χ3n) is 4.97. The molecule has 0 radical (unpaired) electrons. The van der Waals surface area contributed by atoms with E-state index in [9.17, 15) is 0 Å². The van der Waals surface area contributed by atoms with Gasteiger partial charge in [-0.2, -0.15) is 5.10 Å². The molecule has 2 atom stereocenters. The Balaban J connectivity index is 1.43. The average Bonchev–Trinajstić information content (AvgIpc) is 3.04. The first-order valence-electron chi connectivity index (χ1n) is 8.69. The van der Waals surface area contributed by atoms with Crippen molar-refractivity contribution >= 4 is 0 Å². The first-order valence-corrected chi connectivity index (χ1v) is 8.69. The van der Waals surface area contributed by atoms with Crippen molar-refractivity contribution in [1.82, 2.24) is 25.1 Å². The second-order valence-electron chi connectivity index (χ2n) is 6.76. The molecule has 0 aromatic carbocycles. The zero-order valence-electron chi connectivity index (χ0n) is 14.0. The summed E-state index contributed by atoms with van der Waals surface area (Å²) in [5, 5.41) is 16.8. The van der Waals surface area contributed by atoms with Crippen molar-refractivity contribution < 1.29 is 13.7 Å². The van der Waals surface area contributed by atoms with Crippen molar-refractivity contribution in [3.63, 3.8) is 0 Å². The Hall–Kier alpha value is -2.48. The fraction of sp³-hybridized carbons (Fsp3) is 0.529. The summed E-state index contributed by atoms with van der Waals surface area (Å²) in [6.07, 6.45) is 5.88. The van der Waals surface area contributed by atoms with E-state index in [1.54, 1.807) is 6.20 Å². The Labute approximate surface area is 144 Å². The Morgan fingerprint density at radius 1 is 1.20 bits per heavy atom. The lowest BCUT2D eigenvalue weighted by Crippen LogP contribution is -2.23. The van der Waals surface area contributed by atoms with Crippen LogP contribution in [0, 0.1) is 0 Å². The van der Waals surface area contributed by atoms with Gasteiger partial charge in [-0.1, -0.05) is 5.16 Å². The maximum absolute atomic E-state index is 6.00. The van der Waals surface area contributed by atoms with E-state index >= 15 is 0 Å². The van der Waals surface area contributed by atoms with Gasteiger partial charge in [0.05, 0.1) is 17.3 Å². The number of ether oxygens (including phenoxy) is 1. The molecule has 1 saturated heterocycles. The normalized spacial score (nSPS) is 23.9. The van der Waals surface area contributed by atoms with Crippen LogP contribution in [0.3, 0.4) is 0 Å². The van der Waals surface area contributed by atoms with Crippen molar-refractivity contribution in [3.05, 3.63) is 35.6 Å². The Kier molecular flexibility index (Phi) is 3.44. The molecule has 1 aliphatic carbocycles. The Bertz CT molecular complexity index is 878. The maximum atomic E-state index is 6.00. The fourth-order valence-electron chi connectivity index (χ4n) is 3.43. The minimum absolute atomic E-state index is 0.0104. The van der Waals surface area contributed by atoms with Gasteiger partial charge < -0.3 is 13.7 Å². The lowest BCUT2D eigenvalue weighted by atomic mass is 9.92. The summed E-state index contributed by atoms with van der Waals surface area (Å²) < 4.78 is 19.1. The van der Waals surface area contributed by atoms with E-state index in [-0.39, 0.29) is 12.0 Å². The number of aromatic nitrogens is 5. The minimum atomic E-state index is -0.133. The van der Waals surface area contributed by atoms with E-state index in [1.165, 1.54) is 12.8 Å². The molecule has 8 nitrogen and oxygen atoms in total. The van der Waals surface area contributed by atoms with Gasteiger partial charge in [0.25, 0.3) is 5.89 Å². The predicted octanol–water partition coefficient (Wildman–Crippen LogP) is 2.97. The third-order valence-corrected chi connectivity index (χ3v) is 4.97. The Morgan fingerprint density at radius 3 is 2.92 bits per heavy atom. The standard InChI is InChI=1S/C17H19N5O3/c1-22-13(6-7-18-22)15-11(3-2-8-23-15)16-19-20-17(24-16)14-9-12(21-25-14)10-4-5-10/h6-7,9-11,15H,2-5,8H2,1H3/t11-,15-/m1/s1. The smallest absolute Gasteiger partial charge is 0.286 e. The van der Waals surface area contributed by atoms with Gasteiger partial charge in [-0.05, 0) is 31.7 Å². The summed E-state index contributed by atoms with van der Waals surface area (Å²) in [6.45, 7) is 0.722. The van der Waals surface area contributed by atoms with Gasteiger partial charge in [0.15, 0.2) is 0 Å². The number of hydrogen-bond donors (Lipinski definition) is 0. The van der Waals surface area contributed by atoms with Crippen LogP contribution in [0.15, 0.2) is 27.3 Å². The lowest BCUT2D eigenvalue weighted by molar-refractivity contribution is -0.0135. The minimum Gasteiger partial charge on any atom is -0.418 e. The van der Waals surface area contributed by atoms with Gasteiger partial charge in [-0.25, -0.2) is 0 Å². The summed E-state index contributed by atoms with van der Waals surface area (Å²) in [7, 11) is 1.91. The van der Waals surface area contributed by atoms with Crippen LogP contribution in [0.2, 0.25) is 0 Å². The zero-order chi connectivity index (χ0) is 16.8. The summed E-state index contributed by atoms with van der Waals surface area (Å²) in [6, 6.07) is 3.88. The number of aryl methyl sites for hydroxylation is 1. The molecule has 0 bridgehead atoms. The average molecular weight is 341 g/mol. The van der Waals surface area contributed by atoms with E-state index < -0.39 is 0 Å². The summed E-state index contributed by atoms with van der Waals surface area (Å²) in [5.41, 5.74) is 1.99. The van der Waals surface area contributed by atoms with Gasteiger partial charge >= 0.3 is 0 Å². The predicted molar refractivity (Wildman–Crippen MR) is 85.6 cm³/mol. The van der Waals surface area contributed by atoms with Crippen LogP contribution in [0.25, 0.3) is 11.7 Å². The molecule has 0 unspecified atom stereocenters. The highest BCUT2D eigenvalue weighted by Gasteiger charge is 2.35. The number of nitrogens with zero attached hydrogens (tertiary/aromatic N) is 5. The topological polar surface area (TPSA) is 92.0 Å². The first kappa shape index (κ1) is 14.8. The SMILES string of the molecule is Cn1nccc1[C@@H]1OCCC[C@H]1c1nnc(-c2cc(C3CC3)no2)o1. The molecule has 0 amide bonds. The molecule has 5 rings (SSSR count). The van der Waals surface area contributed by atoms with E-state index in [1.807, 2.05) is 23.9 Å². The Morgan fingerprint density at radius 2 is 2.12 bits per heavy atom. The molecule has 25 heavy (non-hydrogen) atoms. The zero-order valence-corrected chi connectivity index (χ0v) is 14.0. The summed E-state index contributed by atoms with van der Waals surface area (Å²) in [5.74, 6) is 2.03. The quantitative estimate of drug-likeness (QED) is 0.720. The third kappa shape index (κ3) is 2.66. The van der Waals surface area contributed by atoms with Gasteiger partial charge in [-0.15, -0.1) is 10.2 Å². The number of rotatable bonds is 4. The second-order valence-corrected chi connectivity index (χ2v) is 6.76.